The fraction of sp³-hybridized carbons (Fsp3) is 0.167. The fourth-order valence-corrected chi connectivity index (χ4v) is 3.75. The van der Waals surface area contributed by atoms with Gasteiger partial charge in [-0.25, -0.2) is 0 Å². The number of pyridine rings is 1. The molecule has 0 aromatic carbocycles. The largest absolute Gasteiger partial charge is 0.294 e. The second kappa shape index (κ2) is 7.44. The number of carbonyl (C=O) groups excluding carboxylic acids is 2. The molecular formula is C18H15NO2S2. The van der Waals surface area contributed by atoms with E-state index in [-0.39, 0.29) is 17.5 Å². The van der Waals surface area contributed by atoms with Crippen molar-refractivity contribution in [3.8, 4) is 0 Å². The van der Waals surface area contributed by atoms with Crippen molar-refractivity contribution >= 4 is 34.2 Å². The predicted octanol–water partition coefficient (Wildman–Crippen LogP) is 4.83. The molecule has 0 N–H and O–H groups in total. The zero-order chi connectivity index (χ0) is 16.1. The fourth-order valence-electron chi connectivity index (χ4n) is 2.43. The number of hydrogen-bond donors (Lipinski definition) is 0. The molecule has 0 unspecified atom stereocenters. The van der Waals surface area contributed by atoms with Crippen LogP contribution in [-0.2, 0) is 0 Å². The number of ketones is 2. The van der Waals surface area contributed by atoms with Crippen molar-refractivity contribution in [3.05, 3.63) is 74.9 Å². The molecule has 0 bridgehead atoms. The third-order valence-electron chi connectivity index (χ3n) is 3.66. The Labute approximate surface area is 142 Å². The summed E-state index contributed by atoms with van der Waals surface area (Å²) in [5.74, 6) is -0.0870. The van der Waals surface area contributed by atoms with E-state index in [0.717, 1.165) is 5.69 Å². The van der Waals surface area contributed by atoms with Gasteiger partial charge in [-0.3, -0.25) is 14.6 Å². The van der Waals surface area contributed by atoms with Gasteiger partial charge in [0.15, 0.2) is 11.6 Å². The van der Waals surface area contributed by atoms with Crippen molar-refractivity contribution < 1.29 is 9.59 Å². The number of aromatic nitrogens is 1. The highest BCUT2D eigenvalue weighted by Crippen LogP contribution is 2.26. The molecule has 116 valence electrons. The van der Waals surface area contributed by atoms with E-state index in [2.05, 4.69) is 4.98 Å². The van der Waals surface area contributed by atoms with Crippen LogP contribution in [0.3, 0.4) is 0 Å². The third-order valence-corrected chi connectivity index (χ3v) is 5.02. The van der Waals surface area contributed by atoms with E-state index in [1.807, 2.05) is 51.9 Å². The Hall–Kier alpha value is -2.11. The Balaban J connectivity index is 1.79. The molecule has 0 spiro atoms. The standard InChI is InChI=1S/C18H15NO2S2/c20-17(13-4-7-22-11-13)9-15(16-3-1-2-6-19-16)10-18(21)14-5-8-23-12-14/h1-8,11-12,15H,9-10H2. The Kier molecular flexibility index (Phi) is 5.10. The molecule has 3 rings (SSSR count). The average Bonchev–Trinajstić information content (AvgIpc) is 3.28. The van der Waals surface area contributed by atoms with Gasteiger partial charge in [0.25, 0.3) is 0 Å². The van der Waals surface area contributed by atoms with Crippen LogP contribution in [0.2, 0.25) is 0 Å². The Morgan fingerprint density at radius 2 is 1.52 bits per heavy atom. The maximum absolute atomic E-state index is 12.4. The van der Waals surface area contributed by atoms with Gasteiger partial charge >= 0.3 is 0 Å². The summed E-state index contributed by atoms with van der Waals surface area (Å²) in [4.78, 5) is 29.2. The molecule has 3 aromatic rings. The van der Waals surface area contributed by atoms with E-state index in [4.69, 9.17) is 0 Å². The van der Waals surface area contributed by atoms with Crippen molar-refractivity contribution in [2.24, 2.45) is 0 Å². The second-order valence-electron chi connectivity index (χ2n) is 5.23. The van der Waals surface area contributed by atoms with Crippen molar-refractivity contribution in [2.75, 3.05) is 0 Å². The lowest BCUT2D eigenvalue weighted by Crippen LogP contribution is -2.13. The summed E-state index contributed by atoms with van der Waals surface area (Å²) in [6.45, 7) is 0. The van der Waals surface area contributed by atoms with Crippen LogP contribution in [0.5, 0.6) is 0 Å². The molecule has 5 heteroatoms. The van der Waals surface area contributed by atoms with Gasteiger partial charge in [-0.05, 0) is 35.0 Å². The molecule has 3 nitrogen and oxygen atoms in total. The monoisotopic (exact) mass is 341 g/mol. The molecule has 0 amide bonds. The minimum Gasteiger partial charge on any atom is -0.294 e. The number of hydrogen-bond acceptors (Lipinski definition) is 5. The van der Waals surface area contributed by atoms with Gasteiger partial charge in [-0.15, -0.1) is 0 Å². The maximum atomic E-state index is 12.4. The highest BCUT2D eigenvalue weighted by Gasteiger charge is 2.22. The molecule has 0 saturated heterocycles. The number of rotatable bonds is 7. The Bertz CT molecular complexity index is 716. The van der Waals surface area contributed by atoms with E-state index in [1.54, 1.807) is 6.20 Å². The first-order valence-electron chi connectivity index (χ1n) is 7.26. The lowest BCUT2D eigenvalue weighted by molar-refractivity contribution is 0.0944. The van der Waals surface area contributed by atoms with Crippen molar-refractivity contribution in [1.29, 1.82) is 0 Å². The molecular weight excluding hydrogens is 326 g/mol. The van der Waals surface area contributed by atoms with Gasteiger partial charge in [0.05, 0.1) is 0 Å². The summed E-state index contributed by atoms with van der Waals surface area (Å²) in [6.07, 6.45) is 2.29. The van der Waals surface area contributed by atoms with Gasteiger partial charge in [-0.2, -0.15) is 22.7 Å². The topological polar surface area (TPSA) is 47.0 Å². The number of thiophene rings is 2. The zero-order valence-corrected chi connectivity index (χ0v) is 14.0. The molecule has 0 aliphatic carbocycles. The number of nitrogens with zero attached hydrogens (tertiary/aromatic N) is 1. The smallest absolute Gasteiger partial charge is 0.164 e. The normalized spacial score (nSPS) is 10.8. The maximum Gasteiger partial charge on any atom is 0.164 e. The summed E-state index contributed by atoms with van der Waals surface area (Å²) in [6, 6.07) is 9.25. The average molecular weight is 341 g/mol. The van der Waals surface area contributed by atoms with Gasteiger partial charge in [-0.1, -0.05) is 6.07 Å². The van der Waals surface area contributed by atoms with Crippen LogP contribution in [-0.4, -0.2) is 16.6 Å². The minimum atomic E-state index is -0.198. The summed E-state index contributed by atoms with van der Waals surface area (Å²) >= 11 is 3.00. The van der Waals surface area contributed by atoms with Crippen LogP contribution in [0.4, 0.5) is 0 Å². The zero-order valence-electron chi connectivity index (χ0n) is 12.3. The van der Waals surface area contributed by atoms with Crippen LogP contribution in [0.15, 0.2) is 58.0 Å². The van der Waals surface area contributed by atoms with Gasteiger partial charge in [0, 0.05) is 52.5 Å². The van der Waals surface area contributed by atoms with E-state index in [1.165, 1.54) is 22.7 Å². The molecule has 3 aromatic heterocycles. The summed E-state index contributed by atoms with van der Waals surface area (Å²) < 4.78 is 0. The predicted molar refractivity (Wildman–Crippen MR) is 93.5 cm³/mol. The first kappa shape index (κ1) is 15.8. The first-order valence-corrected chi connectivity index (χ1v) is 9.14. The number of Topliss-reactive ketones (excluding diaryl/α,β-unsaturated/α-hetero) is 2. The van der Waals surface area contributed by atoms with Crippen LogP contribution < -0.4 is 0 Å². The Morgan fingerprint density at radius 1 is 0.913 bits per heavy atom. The molecule has 0 saturated carbocycles. The molecule has 23 heavy (non-hydrogen) atoms. The highest BCUT2D eigenvalue weighted by molar-refractivity contribution is 7.08. The SMILES string of the molecule is O=C(CC(CC(=O)c1ccsc1)c1ccccn1)c1ccsc1. The van der Waals surface area contributed by atoms with E-state index in [9.17, 15) is 9.59 Å². The molecule has 0 atom stereocenters. The van der Waals surface area contributed by atoms with Crippen molar-refractivity contribution in [1.82, 2.24) is 4.98 Å². The van der Waals surface area contributed by atoms with Crippen LogP contribution in [0, 0.1) is 0 Å². The molecule has 0 fully saturated rings. The highest BCUT2D eigenvalue weighted by atomic mass is 32.1. The molecule has 0 aliphatic rings. The van der Waals surface area contributed by atoms with Crippen LogP contribution in [0.25, 0.3) is 0 Å². The van der Waals surface area contributed by atoms with Crippen molar-refractivity contribution in [2.45, 2.75) is 18.8 Å². The lowest BCUT2D eigenvalue weighted by Gasteiger charge is -2.14. The minimum absolute atomic E-state index is 0.0556. The molecule has 0 aliphatic heterocycles. The number of carbonyl (C=O) groups is 2. The third kappa shape index (κ3) is 4.00. The molecule has 3 heterocycles. The van der Waals surface area contributed by atoms with E-state index >= 15 is 0 Å². The second-order valence-corrected chi connectivity index (χ2v) is 6.79. The van der Waals surface area contributed by atoms with Gasteiger partial charge in [0.1, 0.15) is 0 Å². The summed E-state index contributed by atoms with van der Waals surface area (Å²) in [5.41, 5.74) is 2.21. The lowest BCUT2D eigenvalue weighted by atomic mass is 9.90. The van der Waals surface area contributed by atoms with Crippen LogP contribution in [0.1, 0.15) is 45.2 Å². The van der Waals surface area contributed by atoms with E-state index in [0.29, 0.717) is 24.0 Å². The molecule has 0 radical (unpaired) electrons. The quantitative estimate of drug-likeness (QED) is 0.578. The van der Waals surface area contributed by atoms with Gasteiger partial charge < -0.3 is 0 Å². The van der Waals surface area contributed by atoms with Gasteiger partial charge in [0.2, 0.25) is 0 Å². The Morgan fingerprint density at radius 3 is 1.96 bits per heavy atom. The first-order chi connectivity index (χ1) is 11.2. The van der Waals surface area contributed by atoms with E-state index < -0.39 is 0 Å². The van der Waals surface area contributed by atoms with Crippen molar-refractivity contribution in [3.63, 3.8) is 0 Å². The van der Waals surface area contributed by atoms with Crippen LogP contribution >= 0.6 is 22.7 Å². The summed E-state index contributed by atoms with van der Waals surface area (Å²) in [7, 11) is 0. The summed E-state index contributed by atoms with van der Waals surface area (Å²) in [5, 5.41) is 7.47.